The zero-order valence-corrected chi connectivity index (χ0v) is 11.5. The Morgan fingerprint density at radius 2 is 2.25 bits per heavy atom. The maximum absolute atomic E-state index is 12.8. The molecule has 20 heavy (non-hydrogen) atoms. The van der Waals surface area contributed by atoms with Crippen molar-refractivity contribution < 1.29 is 18.3 Å². The molecule has 0 radical (unpaired) electrons. The van der Waals surface area contributed by atoms with Gasteiger partial charge in [-0.15, -0.1) is 0 Å². The predicted molar refractivity (Wildman–Crippen MR) is 70.8 cm³/mol. The lowest BCUT2D eigenvalue weighted by Gasteiger charge is -2.25. The van der Waals surface area contributed by atoms with Gasteiger partial charge in [-0.3, -0.25) is 4.79 Å². The van der Waals surface area contributed by atoms with E-state index in [4.69, 9.17) is 10.5 Å². The molecule has 1 aromatic carbocycles. The summed E-state index contributed by atoms with van der Waals surface area (Å²) in [5.41, 5.74) is 6.40. The Balaban J connectivity index is 2.24. The van der Waals surface area contributed by atoms with Gasteiger partial charge in [0.25, 0.3) is 5.92 Å². The van der Waals surface area contributed by atoms with Gasteiger partial charge in [-0.1, -0.05) is 12.1 Å². The van der Waals surface area contributed by atoms with Gasteiger partial charge >= 0.3 is 0 Å². The molecular formula is C14H18F2N2O2. The van der Waals surface area contributed by atoms with E-state index in [1.165, 1.54) is 0 Å². The number of alkyl halides is 2. The highest BCUT2D eigenvalue weighted by atomic mass is 19.3. The lowest BCUT2D eigenvalue weighted by atomic mass is 9.91. The normalized spacial score (nSPS) is 21.4. The van der Waals surface area contributed by atoms with E-state index in [-0.39, 0.29) is 0 Å². The Bertz CT molecular complexity index is 528. The third-order valence-electron chi connectivity index (χ3n) is 3.57. The first-order valence-electron chi connectivity index (χ1n) is 6.39. The molecule has 1 aliphatic carbocycles. The Hall–Kier alpha value is -1.69. The monoisotopic (exact) mass is 284 g/mol. The Morgan fingerprint density at radius 1 is 1.55 bits per heavy atom. The highest BCUT2D eigenvalue weighted by Crippen LogP contribution is 2.39. The fourth-order valence-electron chi connectivity index (χ4n) is 2.52. The number of rotatable bonds is 4. The quantitative estimate of drug-likeness (QED) is 0.882. The molecule has 0 aliphatic heterocycles. The summed E-state index contributed by atoms with van der Waals surface area (Å²) in [4.78, 5) is 12.2. The van der Waals surface area contributed by atoms with Crippen LogP contribution in [0.5, 0.6) is 5.75 Å². The standard InChI is InChI=1S/C14H18F2N2O2/c1-13(15,16)8-18-12(19)14(17)7-6-9-10(14)4-3-5-11(9)20-2/h3-5H,6-8,17H2,1-2H3,(H,18,19). The van der Waals surface area contributed by atoms with E-state index in [2.05, 4.69) is 5.32 Å². The topological polar surface area (TPSA) is 64.3 Å². The van der Waals surface area contributed by atoms with Crippen molar-refractivity contribution in [3.8, 4) is 5.75 Å². The fraction of sp³-hybridized carbons (Fsp3) is 0.500. The minimum Gasteiger partial charge on any atom is -0.496 e. The summed E-state index contributed by atoms with van der Waals surface area (Å²) in [5, 5.41) is 2.23. The van der Waals surface area contributed by atoms with Crippen molar-refractivity contribution in [2.75, 3.05) is 13.7 Å². The molecule has 0 saturated heterocycles. The van der Waals surface area contributed by atoms with Crippen molar-refractivity contribution in [1.82, 2.24) is 5.32 Å². The van der Waals surface area contributed by atoms with Crippen LogP contribution in [-0.4, -0.2) is 25.5 Å². The highest BCUT2D eigenvalue weighted by molar-refractivity contribution is 5.89. The number of nitrogens with two attached hydrogens (primary N) is 1. The van der Waals surface area contributed by atoms with Crippen LogP contribution >= 0.6 is 0 Å². The van der Waals surface area contributed by atoms with E-state index in [9.17, 15) is 13.6 Å². The number of nitrogens with one attached hydrogen (secondary N) is 1. The number of carbonyl (C=O) groups excluding carboxylic acids is 1. The molecule has 110 valence electrons. The highest BCUT2D eigenvalue weighted by Gasteiger charge is 2.43. The lowest BCUT2D eigenvalue weighted by Crippen LogP contribution is -2.51. The maximum atomic E-state index is 12.8. The third-order valence-corrected chi connectivity index (χ3v) is 3.57. The smallest absolute Gasteiger partial charge is 0.262 e. The number of methoxy groups -OCH3 is 1. The van der Waals surface area contributed by atoms with Gasteiger partial charge in [0.15, 0.2) is 0 Å². The van der Waals surface area contributed by atoms with Crippen LogP contribution in [0.4, 0.5) is 8.78 Å². The summed E-state index contributed by atoms with van der Waals surface area (Å²) in [6.45, 7) is 0.0339. The van der Waals surface area contributed by atoms with Crippen LogP contribution in [0.2, 0.25) is 0 Å². The largest absolute Gasteiger partial charge is 0.496 e. The van der Waals surface area contributed by atoms with Gasteiger partial charge in [-0.2, -0.15) is 0 Å². The molecule has 6 heteroatoms. The van der Waals surface area contributed by atoms with Crippen LogP contribution in [0.25, 0.3) is 0 Å². The number of amides is 1. The minimum absolute atomic E-state index is 0.379. The zero-order valence-electron chi connectivity index (χ0n) is 11.5. The number of benzene rings is 1. The summed E-state index contributed by atoms with van der Waals surface area (Å²) in [7, 11) is 1.55. The predicted octanol–water partition coefficient (Wildman–Crippen LogP) is 1.57. The summed E-state index contributed by atoms with van der Waals surface area (Å²) in [6, 6.07) is 5.28. The van der Waals surface area contributed by atoms with Gasteiger partial charge in [-0.05, 0) is 30.0 Å². The molecule has 0 saturated carbocycles. The van der Waals surface area contributed by atoms with E-state index in [1.807, 2.05) is 0 Å². The van der Waals surface area contributed by atoms with Crippen molar-refractivity contribution in [2.45, 2.75) is 31.2 Å². The molecule has 0 fully saturated rings. The van der Waals surface area contributed by atoms with E-state index in [1.54, 1.807) is 25.3 Å². The molecule has 1 aliphatic rings. The Kier molecular flexibility index (Phi) is 3.69. The van der Waals surface area contributed by atoms with Crippen molar-refractivity contribution in [3.63, 3.8) is 0 Å². The van der Waals surface area contributed by atoms with Crippen LogP contribution in [0, 0.1) is 0 Å². The van der Waals surface area contributed by atoms with Gasteiger partial charge < -0.3 is 15.8 Å². The average Bonchev–Trinajstić information content (AvgIpc) is 2.74. The van der Waals surface area contributed by atoms with E-state index in [0.717, 1.165) is 12.5 Å². The molecule has 1 atom stereocenters. The summed E-state index contributed by atoms with van der Waals surface area (Å²) in [6.07, 6.45) is 0.968. The van der Waals surface area contributed by atoms with Gasteiger partial charge in [-0.25, -0.2) is 8.78 Å². The lowest BCUT2D eigenvalue weighted by molar-refractivity contribution is -0.128. The average molecular weight is 284 g/mol. The van der Waals surface area contributed by atoms with Crippen molar-refractivity contribution in [1.29, 1.82) is 0 Å². The van der Waals surface area contributed by atoms with E-state index in [0.29, 0.717) is 24.2 Å². The molecule has 0 heterocycles. The fourth-order valence-corrected chi connectivity index (χ4v) is 2.52. The van der Waals surface area contributed by atoms with Crippen molar-refractivity contribution >= 4 is 5.91 Å². The number of carbonyl (C=O) groups is 1. The van der Waals surface area contributed by atoms with Crippen LogP contribution < -0.4 is 15.8 Å². The number of ether oxygens (including phenoxy) is 1. The third kappa shape index (κ3) is 2.60. The summed E-state index contributed by atoms with van der Waals surface area (Å²) >= 11 is 0. The summed E-state index contributed by atoms with van der Waals surface area (Å²) < 4.78 is 30.9. The zero-order chi connectivity index (χ0) is 15.0. The van der Waals surface area contributed by atoms with E-state index >= 15 is 0 Å². The molecule has 0 bridgehead atoms. The second-order valence-electron chi connectivity index (χ2n) is 5.21. The van der Waals surface area contributed by atoms with Gasteiger partial charge in [0.2, 0.25) is 5.91 Å². The Morgan fingerprint density at radius 3 is 2.85 bits per heavy atom. The first-order chi connectivity index (χ1) is 9.28. The molecule has 1 aromatic rings. The first-order valence-corrected chi connectivity index (χ1v) is 6.39. The second kappa shape index (κ2) is 5.01. The molecule has 1 unspecified atom stereocenters. The number of fused-ring (bicyclic) bond motifs is 1. The van der Waals surface area contributed by atoms with Crippen LogP contribution in [0.1, 0.15) is 24.5 Å². The molecule has 0 aromatic heterocycles. The number of hydrogen-bond donors (Lipinski definition) is 2. The molecule has 4 nitrogen and oxygen atoms in total. The van der Waals surface area contributed by atoms with Crippen molar-refractivity contribution in [2.24, 2.45) is 5.73 Å². The van der Waals surface area contributed by atoms with Crippen molar-refractivity contribution in [3.05, 3.63) is 29.3 Å². The Labute approximate surface area is 116 Å². The van der Waals surface area contributed by atoms with Gasteiger partial charge in [0, 0.05) is 6.92 Å². The van der Waals surface area contributed by atoms with Gasteiger partial charge in [0.05, 0.1) is 13.7 Å². The number of hydrogen-bond acceptors (Lipinski definition) is 3. The van der Waals surface area contributed by atoms with Crippen LogP contribution in [-0.2, 0) is 16.8 Å². The minimum atomic E-state index is -2.96. The van der Waals surface area contributed by atoms with Crippen LogP contribution in [0.3, 0.4) is 0 Å². The second-order valence-corrected chi connectivity index (χ2v) is 5.21. The molecule has 3 N–H and O–H groups in total. The summed E-state index contributed by atoms with van der Waals surface area (Å²) in [5.74, 6) is -2.86. The number of halogens is 2. The van der Waals surface area contributed by atoms with Crippen LogP contribution in [0.15, 0.2) is 18.2 Å². The molecular weight excluding hydrogens is 266 g/mol. The molecule has 2 rings (SSSR count). The first kappa shape index (κ1) is 14.7. The molecule has 1 amide bonds. The maximum Gasteiger partial charge on any atom is 0.262 e. The van der Waals surface area contributed by atoms with E-state index < -0.39 is 23.9 Å². The van der Waals surface area contributed by atoms with Gasteiger partial charge in [0.1, 0.15) is 11.3 Å². The SMILES string of the molecule is COc1cccc2c1CCC2(N)C(=O)NCC(C)(F)F. The molecule has 0 spiro atoms.